The van der Waals surface area contributed by atoms with Crippen molar-refractivity contribution in [1.29, 1.82) is 0 Å². The Morgan fingerprint density at radius 3 is 2.60 bits per heavy atom. The molecule has 1 N–H and O–H groups in total. The number of halogens is 1. The summed E-state index contributed by atoms with van der Waals surface area (Å²) >= 11 is 7.39. The molecule has 0 aliphatic carbocycles. The fraction of sp³-hybridized carbons (Fsp3) is 0.211. The standard InChI is InChI=1S/C19H19ClN2O2S/c1-22(2)15(16-4-3-11-24-16)12-21-19(23)18-10-9-17(25-18)13-5-7-14(20)8-6-13/h3-11,15H,12H2,1-2H3,(H,21,23)/t15-/m1/s1. The summed E-state index contributed by atoms with van der Waals surface area (Å²) in [6, 6.07) is 15.2. The minimum absolute atomic E-state index is 0.00496. The summed E-state index contributed by atoms with van der Waals surface area (Å²) in [6.45, 7) is 0.480. The summed E-state index contributed by atoms with van der Waals surface area (Å²) in [4.78, 5) is 16.2. The van der Waals surface area contributed by atoms with Gasteiger partial charge in [-0.15, -0.1) is 11.3 Å². The molecule has 130 valence electrons. The first-order valence-corrected chi connectivity index (χ1v) is 9.08. The first-order chi connectivity index (χ1) is 12.0. The Labute approximate surface area is 156 Å². The van der Waals surface area contributed by atoms with Crippen molar-refractivity contribution in [1.82, 2.24) is 10.2 Å². The molecule has 0 radical (unpaired) electrons. The van der Waals surface area contributed by atoms with Crippen LogP contribution in [0.15, 0.2) is 59.2 Å². The Morgan fingerprint density at radius 2 is 1.96 bits per heavy atom. The third kappa shape index (κ3) is 4.31. The van der Waals surface area contributed by atoms with E-state index in [4.69, 9.17) is 16.0 Å². The van der Waals surface area contributed by atoms with Crippen molar-refractivity contribution in [2.45, 2.75) is 6.04 Å². The highest BCUT2D eigenvalue weighted by Crippen LogP contribution is 2.29. The van der Waals surface area contributed by atoms with Crippen molar-refractivity contribution in [3.8, 4) is 10.4 Å². The molecule has 0 unspecified atom stereocenters. The number of thiophene rings is 1. The van der Waals surface area contributed by atoms with E-state index in [0.29, 0.717) is 16.4 Å². The van der Waals surface area contributed by atoms with Gasteiger partial charge in [0.15, 0.2) is 0 Å². The Kier molecular flexibility index (Phi) is 5.58. The molecule has 3 aromatic rings. The average Bonchev–Trinajstić information content (AvgIpc) is 3.27. The van der Waals surface area contributed by atoms with Crippen LogP contribution < -0.4 is 5.32 Å². The quantitative estimate of drug-likeness (QED) is 0.680. The number of nitrogens with zero attached hydrogens (tertiary/aromatic N) is 1. The molecule has 3 rings (SSSR count). The molecule has 0 spiro atoms. The largest absolute Gasteiger partial charge is 0.468 e. The number of likely N-dealkylation sites (N-methyl/N-ethyl adjacent to an activating group) is 1. The maximum absolute atomic E-state index is 12.5. The van der Waals surface area contributed by atoms with Crippen molar-refractivity contribution in [3.63, 3.8) is 0 Å². The molecule has 2 aromatic heterocycles. The maximum atomic E-state index is 12.5. The lowest BCUT2D eigenvalue weighted by Gasteiger charge is -2.22. The summed E-state index contributed by atoms with van der Waals surface area (Å²) in [5, 5.41) is 3.69. The predicted molar refractivity (Wildman–Crippen MR) is 102 cm³/mol. The molecule has 6 heteroatoms. The summed E-state index contributed by atoms with van der Waals surface area (Å²) in [7, 11) is 3.92. The summed E-state index contributed by atoms with van der Waals surface area (Å²) in [6.07, 6.45) is 1.64. The van der Waals surface area contributed by atoms with Gasteiger partial charge in [0.25, 0.3) is 5.91 Å². The van der Waals surface area contributed by atoms with Gasteiger partial charge in [-0.1, -0.05) is 23.7 Å². The van der Waals surface area contributed by atoms with Gasteiger partial charge in [0.1, 0.15) is 5.76 Å². The first-order valence-electron chi connectivity index (χ1n) is 7.88. The maximum Gasteiger partial charge on any atom is 0.261 e. The zero-order chi connectivity index (χ0) is 17.8. The van der Waals surface area contributed by atoms with Crippen molar-refractivity contribution < 1.29 is 9.21 Å². The number of nitrogens with one attached hydrogen (secondary N) is 1. The second kappa shape index (κ2) is 7.87. The number of rotatable bonds is 6. The molecule has 0 aliphatic heterocycles. The Bertz CT molecular complexity index is 825. The van der Waals surface area contributed by atoms with Crippen LogP contribution in [0, 0.1) is 0 Å². The van der Waals surface area contributed by atoms with Gasteiger partial charge in [0.05, 0.1) is 17.2 Å². The van der Waals surface area contributed by atoms with E-state index in [1.807, 2.05) is 67.5 Å². The van der Waals surface area contributed by atoms with Crippen LogP contribution in [-0.2, 0) is 0 Å². The lowest BCUT2D eigenvalue weighted by Crippen LogP contribution is -2.34. The zero-order valence-electron chi connectivity index (χ0n) is 14.0. The van der Waals surface area contributed by atoms with Gasteiger partial charge in [-0.25, -0.2) is 0 Å². The number of carbonyl (C=O) groups is 1. The monoisotopic (exact) mass is 374 g/mol. The second-order valence-electron chi connectivity index (χ2n) is 5.88. The van der Waals surface area contributed by atoms with Gasteiger partial charge < -0.3 is 9.73 Å². The van der Waals surface area contributed by atoms with Gasteiger partial charge in [0.2, 0.25) is 0 Å². The highest BCUT2D eigenvalue weighted by Gasteiger charge is 2.19. The molecule has 1 atom stereocenters. The SMILES string of the molecule is CN(C)[C@H](CNC(=O)c1ccc(-c2ccc(Cl)cc2)s1)c1ccco1. The molecule has 1 amide bonds. The van der Waals surface area contributed by atoms with Crippen LogP contribution in [0.2, 0.25) is 5.02 Å². The van der Waals surface area contributed by atoms with Gasteiger partial charge >= 0.3 is 0 Å². The summed E-state index contributed by atoms with van der Waals surface area (Å²) < 4.78 is 5.47. The predicted octanol–water partition coefficient (Wildman–Crippen LogP) is 4.69. The van der Waals surface area contributed by atoms with E-state index in [2.05, 4.69) is 5.32 Å². The number of amides is 1. The van der Waals surface area contributed by atoms with E-state index in [0.717, 1.165) is 16.2 Å². The molecule has 0 fully saturated rings. The topological polar surface area (TPSA) is 45.5 Å². The molecular weight excluding hydrogens is 356 g/mol. The number of furan rings is 1. The van der Waals surface area contributed by atoms with Crippen LogP contribution in [0.25, 0.3) is 10.4 Å². The third-order valence-corrected chi connectivity index (χ3v) is 5.29. The minimum Gasteiger partial charge on any atom is -0.468 e. The minimum atomic E-state index is -0.0800. The van der Waals surface area contributed by atoms with Crippen LogP contribution in [0.1, 0.15) is 21.5 Å². The average molecular weight is 375 g/mol. The molecule has 1 aromatic carbocycles. The van der Waals surface area contributed by atoms with Crippen LogP contribution in [0.5, 0.6) is 0 Å². The van der Waals surface area contributed by atoms with E-state index < -0.39 is 0 Å². The van der Waals surface area contributed by atoms with Crippen molar-refractivity contribution in [2.24, 2.45) is 0 Å². The molecular formula is C19H19ClN2O2S. The third-order valence-electron chi connectivity index (χ3n) is 3.91. The zero-order valence-corrected chi connectivity index (χ0v) is 15.6. The Morgan fingerprint density at radius 1 is 1.20 bits per heavy atom. The lowest BCUT2D eigenvalue weighted by molar-refractivity contribution is 0.0943. The van der Waals surface area contributed by atoms with E-state index in [1.54, 1.807) is 6.26 Å². The van der Waals surface area contributed by atoms with Gasteiger partial charge in [-0.05, 0) is 56.1 Å². The molecule has 0 saturated heterocycles. The van der Waals surface area contributed by atoms with E-state index >= 15 is 0 Å². The van der Waals surface area contributed by atoms with Crippen LogP contribution in [0.4, 0.5) is 0 Å². The molecule has 0 saturated carbocycles. The normalized spacial score (nSPS) is 12.3. The molecule has 0 bridgehead atoms. The van der Waals surface area contributed by atoms with Crippen molar-refractivity contribution >= 4 is 28.8 Å². The van der Waals surface area contributed by atoms with Gasteiger partial charge in [0, 0.05) is 16.4 Å². The molecule has 4 nitrogen and oxygen atoms in total. The smallest absolute Gasteiger partial charge is 0.261 e. The number of carbonyl (C=O) groups excluding carboxylic acids is 1. The highest BCUT2D eigenvalue weighted by molar-refractivity contribution is 7.17. The molecule has 0 aliphatic rings. The number of hydrogen-bond donors (Lipinski definition) is 1. The van der Waals surface area contributed by atoms with Crippen LogP contribution in [0.3, 0.4) is 0 Å². The van der Waals surface area contributed by atoms with Gasteiger partial charge in [-0.2, -0.15) is 0 Å². The van der Waals surface area contributed by atoms with Crippen molar-refractivity contribution in [2.75, 3.05) is 20.6 Å². The van der Waals surface area contributed by atoms with Gasteiger partial charge in [-0.3, -0.25) is 9.69 Å². The van der Waals surface area contributed by atoms with Crippen LogP contribution >= 0.6 is 22.9 Å². The molecule has 25 heavy (non-hydrogen) atoms. The Balaban J connectivity index is 1.66. The molecule has 2 heterocycles. The fourth-order valence-electron chi connectivity index (χ4n) is 2.52. The number of hydrogen-bond acceptors (Lipinski definition) is 4. The summed E-state index contributed by atoms with van der Waals surface area (Å²) in [5.41, 5.74) is 1.05. The van der Waals surface area contributed by atoms with E-state index in [-0.39, 0.29) is 11.9 Å². The van der Waals surface area contributed by atoms with Crippen molar-refractivity contribution in [3.05, 3.63) is 70.5 Å². The summed E-state index contributed by atoms with van der Waals surface area (Å²) in [5.74, 6) is 0.752. The first kappa shape index (κ1) is 17.7. The van der Waals surface area contributed by atoms with E-state index in [9.17, 15) is 4.79 Å². The lowest BCUT2D eigenvalue weighted by atomic mass is 10.2. The van der Waals surface area contributed by atoms with E-state index in [1.165, 1.54) is 11.3 Å². The van der Waals surface area contributed by atoms with Crippen LogP contribution in [-0.4, -0.2) is 31.4 Å². The highest BCUT2D eigenvalue weighted by atomic mass is 35.5. The second-order valence-corrected chi connectivity index (χ2v) is 7.40. The fourth-order valence-corrected chi connectivity index (χ4v) is 3.58. The number of benzene rings is 1. The Hall–Kier alpha value is -2.08.